The Morgan fingerprint density at radius 3 is 2.76 bits per heavy atom. The van der Waals surface area contributed by atoms with E-state index in [1.54, 1.807) is 12.1 Å². The lowest BCUT2D eigenvalue weighted by molar-refractivity contribution is -0.274. The zero-order chi connectivity index (χ0) is 14.9. The minimum atomic E-state index is -4.70. The lowest BCUT2D eigenvalue weighted by Crippen LogP contribution is -2.18. The standard InChI is InChI=1S/C13H12F3N3OS/c14-13(15,16)20-10-4-2-1-3-9(10)7-17-12-18-11(19-21-12)8-5-6-8/h1-4,8H,5-7H2,(H,17,18,19). The Hall–Kier alpha value is -1.83. The van der Waals surface area contributed by atoms with E-state index in [1.807, 2.05) is 0 Å². The third-order valence-corrected chi connectivity index (χ3v) is 3.70. The second-order valence-electron chi connectivity index (χ2n) is 4.74. The molecule has 1 fully saturated rings. The summed E-state index contributed by atoms with van der Waals surface area (Å²) in [5.41, 5.74) is 0.415. The lowest BCUT2D eigenvalue weighted by atomic mass is 10.2. The zero-order valence-corrected chi connectivity index (χ0v) is 11.7. The van der Waals surface area contributed by atoms with Crippen molar-refractivity contribution in [2.75, 3.05) is 5.32 Å². The summed E-state index contributed by atoms with van der Waals surface area (Å²) < 4.78 is 45.2. The molecule has 0 saturated heterocycles. The van der Waals surface area contributed by atoms with Crippen LogP contribution in [0.4, 0.5) is 18.3 Å². The molecule has 2 aromatic rings. The van der Waals surface area contributed by atoms with Gasteiger partial charge in [0.25, 0.3) is 0 Å². The van der Waals surface area contributed by atoms with Crippen molar-refractivity contribution in [3.05, 3.63) is 35.7 Å². The second-order valence-corrected chi connectivity index (χ2v) is 5.49. The van der Waals surface area contributed by atoms with Gasteiger partial charge >= 0.3 is 6.36 Å². The normalized spacial score (nSPS) is 15.0. The molecule has 1 aliphatic carbocycles. The van der Waals surface area contributed by atoms with Crippen molar-refractivity contribution < 1.29 is 17.9 Å². The van der Waals surface area contributed by atoms with E-state index in [-0.39, 0.29) is 12.3 Å². The molecule has 0 amide bonds. The average Bonchev–Trinajstić information content (AvgIpc) is 3.16. The quantitative estimate of drug-likeness (QED) is 0.908. The van der Waals surface area contributed by atoms with Crippen molar-refractivity contribution in [3.8, 4) is 5.75 Å². The van der Waals surface area contributed by atoms with Crippen LogP contribution in [0.15, 0.2) is 24.3 Å². The van der Waals surface area contributed by atoms with Crippen molar-refractivity contribution >= 4 is 16.7 Å². The van der Waals surface area contributed by atoms with Crippen LogP contribution in [0.3, 0.4) is 0 Å². The molecular formula is C13H12F3N3OS. The topological polar surface area (TPSA) is 47.0 Å². The maximum atomic E-state index is 12.3. The highest BCUT2D eigenvalue weighted by Gasteiger charge is 2.32. The van der Waals surface area contributed by atoms with Gasteiger partial charge in [0.15, 0.2) is 0 Å². The number of aromatic nitrogens is 2. The van der Waals surface area contributed by atoms with Gasteiger partial charge in [-0.2, -0.15) is 4.37 Å². The van der Waals surface area contributed by atoms with Gasteiger partial charge in [-0.3, -0.25) is 0 Å². The molecule has 1 aromatic heterocycles. The number of ether oxygens (including phenoxy) is 1. The number of para-hydroxylation sites is 1. The first-order chi connectivity index (χ1) is 10.0. The number of alkyl halides is 3. The summed E-state index contributed by atoms with van der Waals surface area (Å²) in [7, 11) is 0. The fourth-order valence-electron chi connectivity index (χ4n) is 1.86. The average molecular weight is 315 g/mol. The van der Waals surface area contributed by atoms with Crippen LogP contribution in [-0.2, 0) is 6.54 Å². The van der Waals surface area contributed by atoms with Crippen molar-refractivity contribution in [2.45, 2.75) is 31.7 Å². The van der Waals surface area contributed by atoms with Crippen molar-refractivity contribution in [2.24, 2.45) is 0 Å². The van der Waals surface area contributed by atoms with Crippen molar-refractivity contribution in [1.82, 2.24) is 9.36 Å². The molecule has 8 heteroatoms. The van der Waals surface area contributed by atoms with Crippen LogP contribution in [0, 0.1) is 0 Å². The highest BCUT2D eigenvalue weighted by Crippen LogP contribution is 2.39. The Labute approximate surface area is 123 Å². The summed E-state index contributed by atoms with van der Waals surface area (Å²) in [5, 5.41) is 3.60. The summed E-state index contributed by atoms with van der Waals surface area (Å²) >= 11 is 1.22. The number of hydrogen-bond acceptors (Lipinski definition) is 5. The SMILES string of the molecule is FC(F)(F)Oc1ccccc1CNc1nc(C2CC2)ns1. The molecule has 0 unspecified atom stereocenters. The van der Waals surface area contributed by atoms with Crippen molar-refractivity contribution in [1.29, 1.82) is 0 Å². The first kappa shape index (κ1) is 14.1. The van der Waals surface area contributed by atoms with E-state index in [0.29, 0.717) is 16.6 Å². The number of nitrogens with one attached hydrogen (secondary N) is 1. The third kappa shape index (κ3) is 3.84. The first-order valence-corrected chi connectivity index (χ1v) is 7.20. The molecule has 1 heterocycles. The Bertz CT molecular complexity index is 625. The summed E-state index contributed by atoms with van der Waals surface area (Å²) in [6, 6.07) is 6.04. The minimum absolute atomic E-state index is 0.200. The molecule has 3 rings (SSSR count). The molecule has 4 nitrogen and oxygen atoms in total. The molecule has 1 aromatic carbocycles. The Kier molecular flexibility index (Phi) is 3.71. The van der Waals surface area contributed by atoms with Crippen LogP contribution in [-0.4, -0.2) is 15.7 Å². The molecule has 0 bridgehead atoms. The summed E-state index contributed by atoms with van der Waals surface area (Å²) in [5.74, 6) is 1.07. The molecule has 0 aliphatic heterocycles. The van der Waals surface area contributed by atoms with E-state index >= 15 is 0 Å². The molecule has 112 valence electrons. The molecule has 0 radical (unpaired) electrons. The predicted octanol–water partition coefficient (Wildman–Crippen LogP) is 3.93. The van der Waals surface area contributed by atoms with E-state index < -0.39 is 6.36 Å². The van der Waals surface area contributed by atoms with Crippen molar-refractivity contribution in [3.63, 3.8) is 0 Å². The van der Waals surface area contributed by atoms with Crippen LogP contribution in [0.25, 0.3) is 0 Å². The highest BCUT2D eigenvalue weighted by molar-refractivity contribution is 7.09. The first-order valence-electron chi connectivity index (χ1n) is 6.42. The van der Waals surface area contributed by atoms with Gasteiger partial charge in [0, 0.05) is 29.6 Å². The Balaban J connectivity index is 1.66. The highest BCUT2D eigenvalue weighted by atomic mass is 32.1. The second kappa shape index (κ2) is 5.51. The number of nitrogens with zero attached hydrogens (tertiary/aromatic N) is 2. The summed E-state index contributed by atoms with van der Waals surface area (Å²) in [6.45, 7) is 0.200. The molecule has 1 N–H and O–H groups in total. The fraction of sp³-hybridized carbons (Fsp3) is 0.385. The predicted molar refractivity (Wildman–Crippen MR) is 72.3 cm³/mol. The fourth-order valence-corrected chi connectivity index (χ4v) is 2.50. The van der Waals surface area contributed by atoms with Crippen LogP contribution in [0.2, 0.25) is 0 Å². The van der Waals surface area contributed by atoms with Gasteiger partial charge in [-0.05, 0) is 18.9 Å². The van der Waals surface area contributed by atoms with E-state index in [2.05, 4.69) is 19.4 Å². The van der Waals surface area contributed by atoms with Crippen LogP contribution < -0.4 is 10.1 Å². The molecule has 21 heavy (non-hydrogen) atoms. The summed E-state index contributed by atoms with van der Waals surface area (Å²) in [6.07, 6.45) is -2.48. The van der Waals surface area contributed by atoms with Gasteiger partial charge in [-0.25, -0.2) is 4.98 Å². The Morgan fingerprint density at radius 2 is 2.05 bits per heavy atom. The minimum Gasteiger partial charge on any atom is -0.405 e. The number of halogens is 3. The monoisotopic (exact) mass is 315 g/mol. The number of rotatable bonds is 5. The number of benzene rings is 1. The maximum absolute atomic E-state index is 12.3. The Morgan fingerprint density at radius 1 is 1.29 bits per heavy atom. The summed E-state index contributed by atoms with van der Waals surface area (Å²) in [4.78, 5) is 4.32. The maximum Gasteiger partial charge on any atom is 0.573 e. The van der Waals surface area contributed by atoms with Gasteiger partial charge in [-0.1, -0.05) is 18.2 Å². The molecule has 1 aliphatic rings. The number of hydrogen-bond donors (Lipinski definition) is 1. The third-order valence-electron chi connectivity index (χ3n) is 3.01. The molecular weight excluding hydrogens is 303 g/mol. The van der Waals surface area contributed by atoms with Gasteiger partial charge in [-0.15, -0.1) is 13.2 Å². The molecule has 1 saturated carbocycles. The number of anilines is 1. The molecule has 0 spiro atoms. The van der Waals surface area contributed by atoms with E-state index in [9.17, 15) is 13.2 Å². The van der Waals surface area contributed by atoms with Gasteiger partial charge in [0.2, 0.25) is 5.13 Å². The van der Waals surface area contributed by atoms with Crippen LogP contribution in [0.5, 0.6) is 5.75 Å². The van der Waals surface area contributed by atoms with Gasteiger partial charge in [0.05, 0.1) is 0 Å². The van der Waals surface area contributed by atoms with E-state index in [4.69, 9.17) is 0 Å². The van der Waals surface area contributed by atoms with Gasteiger partial charge < -0.3 is 10.1 Å². The van der Waals surface area contributed by atoms with E-state index in [1.165, 1.54) is 23.7 Å². The largest absolute Gasteiger partial charge is 0.573 e. The van der Waals surface area contributed by atoms with Crippen LogP contribution in [0.1, 0.15) is 30.1 Å². The molecule has 0 atom stereocenters. The smallest absolute Gasteiger partial charge is 0.405 e. The van der Waals surface area contributed by atoms with E-state index in [0.717, 1.165) is 18.7 Å². The van der Waals surface area contributed by atoms with Gasteiger partial charge in [0.1, 0.15) is 11.6 Å². The van der Waals surface area contributed by atoms with Crippen LogP contribution >= 0.6 is 11.5 Å². The lowest BCUT2D eigenvalue weighted by Gasteiger charge is -2.13. The zero-order valence-electron chi connectivity index (χ0n) is 10.9.